The molecule has 0 spiro atoms. The molecule has 0 aliphatic carbocycles. The number of Topliss-reactive ketones (excluding diaryl/α,β-unsaturated/α-hetero) is 1. The lowest BCUT2D eigenvalue weighted by Gasteiger charge is -2.09. The van der Waals surface area contributed by atoms with Crippen LogP contribution in [0.4, 0.5) is 0 Å². The molecule has 132 valence electrons. The molecule has 0 N–H and O–H groups in total. The van der Waals surface area contributed by atoms with Gasteiger partial charge in [-0.3, -0.25) is 4.79 Å². The van der Waals surface area contributed by atoms with Gasteiger partial charge in [-0.15, -0.1) is 0 Å². The summed E-state index contributed by atoms with van der Waals surface area (Å²) < 4.78 is 5.88. The van der Waals surface area contributed by atoms with Crippen LogP contribution in [0.5, 0.6) is 5.75 Å². The van der Waals surface area contributed by atoms with E-state index in [9.17, 15) is 4.79 Å². The maximum Gasteiger partial charge on any atom is 0.164 e. The summed E-state index contributed by atoms with van der Waals surface area (Å²) in [5.41, 5.74) is 1.71. The van der Waals surface area contributed by atoms with Gasteiger partial charge in [0.1, 0.15) is 12.4 Å². The van der Waals surface area contributed by atoms with Crippen molar-refractivity contribution < 1.29 is 9.53 Å². The average Bonchev–Trinajstić information content (AvgIpc) is 2.67. The summed E-state index contributed by atoms with van der Waals surface area (Å²) in [6.45, 7) is 2.37. The zero-order valence-corrected chi connectivity index (χ0v) is 16.0. The number of hydrogen-bond donors (Lipinski definition) is 0. The third-order valence-electron chi connectivity index (χ3n) is 3.85. The minimum absolute atomic E-state index is 0.0582. The highest BCUT2D eigenvalue weighted by Gasteiger charge is 2.09. The predicted octanol–water partition coefficient (Wildman–Crippen LogP) is 6.66. The molecule has 3 rings (SSSR count). The van der Waals surface area contributed by atoms with Gasteiger partial charge in [-0.25, -0.2) is 0 Å². The molecule has 0 saturated carbocycles. The second-order valence-corrected chi connectivity index (χ2v) is 7.32. The molecule has 0 aliphatic rings. The van der Waals surface area contributed by atoms with Gasteiger partial charge in [-0.05, 0) is 42.0 Å². The lowest BCUT2D eigenvalue weighted by atomic mass is 10.1. The van der Waals surface area contributed by atoms with Gasteiger partial charge < -0.3 is 4.74 Å². The molecular formula is C22H19ClO2S. The average molecular weight is 383 g/mol. The van der Waals surface area contributed by atoms with Crippen LogP contribution in [-0.2, 0) is 6.61 Å². The zero-order valence-electron chi connectivity index (χ0n) is 14.4. The maximum absolute atomic E-state index is 11.8. The van der Waals surface area contributed by atoms with Gasteiger partial charge in [0.15, 0.2) is 5.78 Å². The summed E-state index contributed by atoms with van der Waals surface area (Å²) >= 11 is 7.85. The van der Waals surface area contributed by atoms with Gasteiger partial charge in [-0.1, -0.05) is 66.7 Å². The summed E-state index contributed by atoms with van der Waals surface area (Å²) in [6, 6.07) is 23.6. The Morgan fingerprint density at radius 1 is 0.962 bits per heavy atom. The Hall–Kier alpha value is -2.23. The fourth-order valence-electron chi connectivity index (χ4n) is 2.48. The first-order valence-corrected chi connectivity index (χ1v) is 9.62. The number of ether oxygens (including phenoxy) is 1. The van der Waals surface area contributed by atoms with Crippen molar-refractivity contribution in [3.8, 4) is 5.75 Å². The Labute approximate surface area is 163 Å². The Kier molecular flexibility index (Phi) is 6.37. The Bertz CT molecular complexity index is 894. The monoisotopic (exact) mass is 382 g/mol. The fraction of sp³-hybridized carbons (Fsp3) is 0.136. The highest BCUT2D eigenvalue weighted by molar-refractivity contribution is 7.99. The first kappa shape index (κ1) is 18.6. The smallest absolute Gasteiger partial charge is 0.164 e. The standard InChI is InChI=1S/C22H19ClO2S/c1-2-22(24)20-12-11-19(14-21(20)23)26-18-10-6-9-17(13-18)25-15-16-7-4-3-5-8-16/h3-14H,2,15H2,1H3. The second kappa shape index (κ2) is 8.93. The van der Waals surface area contributed by atoms with E-state index in [1.165, 1.54) is 0 Å². The molecule has 3 aromatic carbocycles. The van der Waals surface area contributed by atoms with Crippen LogP contribution in [-0.4, -0.2) is 5.78 Å². The topological polar surface area (TPSA) is 26.3 Å². The van der Waals surface area contributed by atoms with Crippen molar-refractivity contribution in [2.45, 2.75) is 29.7 Å². The third-order valence-corrected chi connectivity index (χ3v) is 5.14. The number of carbonyl (C=O) groups excluding carboxylic acids is 1. The van der Waals surface area contributed by atoms with Crippen LogP contribution in [0.15, 0.2) is 82.6 Å². The van der Waals surface area contributed by atoms with E-state index in [4.69, 9.17) is 16.3 Å². The Morgan fingerprint density at radius 2 is 1.73 bits per heavy atom. The Balaban J connectivity index is 1.68. The van der Waals surface area contributed by atoms with Gasteiger partial charge >= 0.3 is 0 Å². The predicted molar refractivity (Wildman–Crippen MR) is 107 cm³/mol. The molecule has 0 heterocycles. The molecule has 0 fully saturated rings. The highest BCUT2D eigenvalue weighted by Crippen LogP contribution is 2.33. The van der Waals surface area contributed by atoms with Crippen LogP contribution in [0.25, 0.3) is 0 Å². The Morgan fingerprint density at radius 3 is 2.46 bits per heavy atom. The molecule has 0 atom stereocenters. The van der Waals surface area contributed by atoms with Crippen molar-refractivity contribution in [2.75, 3.05) is 0 Å². The molecule has 4 heteroatoms. The molecule has 0 unspecified atom stereocenters. The molecule has 0 amide bonds. The summed E-state index contributed by atoms with van der Waals surface area (Å²) in [7, 11) is 0. The van der Waals surface area contributed by atoms with Gasteiger partial charge in [-0.2, -0.15) is 0 Å². The van der Waals surface area contributed by atoms with Gasteiger partial charge in [0.05, 0.1) is 5.02 Å². The number of carbonyl (C=O) groups is 1. The van der Waals surface area contributed by atoms with E-state index in [-0.39, 0.29) is 5.78 Å². The number of hydrogen-bond acceptors (Lipinski definition) is 3. The number of benzene rings is 3. The normalized spacial score (nSPS) is 10.5. The molecule has 0 radical (unpaired) electrons. The van der Waals surface area contributed by atoms with Crippen LogP contribution in [0.3, 0.4) is 0 Å². The van der Waals surface area contributed by atoms with Crippen LogP contribution in [0.1, 0.15) is 29.3 Å². The second-order valence-electron chi connectivity index (χ2n) is 5.77. The highest BCUT2D eigenvalue weighted by atomic mass is 35.5. The van der Waals surface area contributed by atoms with E-state index in [0.717, 1.165) is 21.1 Å². The third kappa shape index (κ3) is 4.90. The van der Waals surface area contributed by atoms with Crippen molar-refractivity contribution >= 4 is 29.1 Å². The van der Waals surface area contributed by atoms with Crippen LogP contribution in [0, 0.1) is 0 Å². The van der Waals surface area contributed by atoms with Gasteiger partial charge in [0, 0.05) is 21.8 Å². The van der Waals surface area contributed by atoms with E-state index < -0.39 is 0 Å². The van der Waals surface area contributed by atoms with Crippen molar-refractivity contribution in [1.82, 2.24) is 0 Å². The van der Waals surface area contributed by atoms with Crippen molar-refractivity contribution in [2.24, 2.45) is 0 Å². The molecule has 3 aromatic rings. The summed E-state index contributed by atoms with van der Waals surface area (Å²) in [5.74, 6) is 0.880. The first-order chi connectivity index (χ1) is 12.7. The van der Waals surface area contributed by atoms with Crippen molar-refractivity contribution in [3.63, 3.8) is 0 Å². The molecular weight excluding hydrogens is 364 g/mol. The molecule has 0 saturated heterocycles. The minimum atomic E-state index is 0.0582. The number of halogens is 1. The quantitative estimate of drug-likeness (QED) is 0.427. The van der Waals surface area contributed by atoms with Crippen LogP contribution in [0.2, 0.25) is 5.02 Å². The summed E-state index contributed by atoms with van der Waals surface area (Å²) in [4.78, 5) is 13.9. The van der Waals surface area contributed by atoms with E-state index in [1.54, 1.807) is 17.8 Å². The molecule has 0 aromatic heterocycles. The number of rotatable bonds is 7. The van der Waals surface area contributed by atoms with E-state index in [2.05, 4.69) is 0 Å². The summed E-state index contributed by atoms with van der Waals surface area (Å²) in [6.07, 6.45) is 0.451. The van der Waals surface area contributed by atoms with E-state index in [0.29, 0.717) is 23.6 Å². The summed E-state index contributed by atoms with van der Waals surface area (Å²) in [5, 5.41) is 0.498. The molecule has 26 heavy (non-hydrogen) atoms. The fourth-order valence-corrected chi connectivity index (χ4v) is 3.74. The SMILES string of the molecule is CCC(=O)c1ccc(Sc2cccc(OCc3ccccc3)c2)cc1Cl. The molecule has 0 bridgehead atoms. The first-order valence-electron chi connectivity index (χ1n) is 8.43. The molecule has 0 aliphatic heterocycles. The van der Waals surface area contributed by atoms with E-state index >= 15 is 0 Å². The number of ketones is 1. The zero-order chi connectivity index (χ0) is 18.4. The lowest BCUT2D eigenvalue weighted by Crippen LogP contribution is -1.97. The van der Waals surface area contributed by atoms with Gasteiger partial charge in [0.2, 0.25) is 0 Å². The van der Waals surface area contributed by atoms with Crippen molar-refractivity contribution in [3.05, 3.63) is 88.9 Å². The maximum atomic E-state index is 11.8. The minimum Gasteiger partial charge on any atom is -0.489 e. The lowest BCUT2D eigenvalue weighted by molar-refractivity contribution is 0.0988. The van der Waals surface area contributed by atoms with Crippen LogP contribution >= 0.6 is 23.4 Å². The molecule has 2 nitrogen and oxygen atoms in total. The van der Waals surface area contributed by atoms with E-state index in [1.807, 2.05) is 73.7 Å². The van der Waals surface area contributed by atoms with Crippen molar-refractivity contribution in [1.29, 1.82) is 0 Å². The van der Waals surface area contributed by atoms with Gasteiger partial charge in [0.25, 0.3) is 0 Å². The largest absolute Gasteiger partial charge is 0.489 e. The van der Waals surface area contributed by atoms with Crippen LogP contribution < -0.4 is 4.74 Å².